The molecule has 1 aromatic heterocycles. The van der Waals surface area contributed by atoms with Crippen LogP contribution >= 0.6 is 0 Å². The fraction of sp³-hybridized carbons (Fsp3) is 0.286. The third kappa shape index (κ3) is 2.41. The molecule has 1 rings (SSSR count). The summed E-state index contributed by atoms with van der Waals surface area (Å²) < 4.78 is 16.5. The Morgan fingerprint density at radius 2 is 2.55 bits per heavy atom. The van der Waals surface area contributed by atoms with E-state index in [1.807, 2.05) is 0 Å². The van der Waals surface area contributed by atoms with Gasteiger partial charge in [0.2, 0.25) is 0 Å². The SMILES string of the molecule is O=C(CF)NCc1ccco1. The number of hydrogen-bond acceptors (Lipinski definition) is 2. The van der Waals surface area contributed by atoms with E-state index >= 15 is 0 Å². The van der Waals surface area contributed by atoms with Crippen LogP contribution in [-0.4, -0.2) is 12.6 Å². The van der Waals surface area contributed by atoms with Crippen molar-refractivity contribution < 1.29 is 13.6 Å². The summed E-state index contributed by atoms with van der Waals surface area (Å²) in [6.45, 7) is -0.740. The summed E-state index contributed by atoms with van der Waals surface area (Å²) in [6, 6.07) is 3.41. The molecule has 0 aliphatic rings. The molecule has 0 radical (unpaired) electrons. The van der Waals surface area contributed by atoms with Crippen molar-refractivity contribution in [2.24, 2.45) is 0 Å². The van der Waals surface area contributed by atoms with Gasteiger partial charge in [-0.1, -0.05) is 0 Å². The molecular weight excluding hydrogens is 149 g/mol. The van der Waals surface area contributed by atoms with Gasteiger partial charge in [0.15, 0.2) is 6.67 Å². The van der Waals surface area contributed by atoms with E-state index in [0.29, 0.717) is 5.76 Å². The average molecular weight is 157 g/mol. The first kappa shape index (κ1) is 7.78. The minimum absolute atomic E-state index is 0.246. The summed E-state index contributed by atoms with van der Waals surface area (Å²) in [4.78, 5) is 10.4. The van der Waals surface area contributed by atoms with Crippen LogP contribution in [0.5, 0.6) is 0 Å². The number of hydrogen-bond donors (Lipinski definition) is 1. The summed E-state index contributed by atoms with van der Waals surface area (Å²) in [5, 5.41) is 2.33. The van der Waals surface area contributed by atoms with Crippen molar-refractivity contribution in [3.63, 3.8) is 0 Å². The van der Waals surface area contributed by atoms with E-state index in [0.717, 1.165) is 0 Å². The summed E-state index contributed by atoms with van der Waals surface area (Å²) in [6.07, 6.45) is 1.50. The number of halogens is 1. The Kier molecular flexibility index (Phi) is 2.66. The van der Waals surface area contributed by atoms with Gasteiger partial charge in [0.25, 0.3) is 5.91 Å². The highest BCUT2D eigenvalue weighted by atomic mass is 19.1. The molecular formula is C7H8FNO2. The van der Waals surface area contributed by atoms with E-state index in [1.165, 1.54) is 6.26 Å². The zero-order valence-corrected chi connectivity index (χ0v) is 5.84. The molecule has 0 atom stereocenters. The molecule has 0 bridgehead atoms. The smallest absolute Gasteiger partial charge is 0.251 e. The van der Waals surface area contributed by atoms with Crippen LogP contribution in [0, 0.1) is 0 Å². The van der Waals surface area contributed by atoms with Gasteiger partial charge >= 0.3 is 0 Å². The average Bonchev–Trinajstić information content (AvgIpc) is 2.52. The molecule has 0 aromatic carbocycles. The van der Waals surface area contributed by atoms with Crippen LogP contribution in [0.25, 0.3) is 0 Å². The molecule has 1 aromatic rings. The monoisotopic (exact) mass is 157 g/mol. The highest BCUT2D eigenvalue weighted by molar-refractivity contribution is 5.76. The minimum Gasteiger partial charge on any atom is -0.467 e. The summed E-state index contributed by atoms with van der Waals surface area (Å²) in [5.74, 6) is -0.00630. The van der Waals surface area contributed by atoms with Crippen LogP contribution in [-0.2, 0) is 11.3 Å². The van der Waals surface area contributed by atoms with Crippen molar-refractivity contribution in [2.75, 3.05) is 6.67 Å². The summed E-state index contributed by atoms with van der Waals surface area (Å²) >= 11 is 0. The standard InChI is InChI=1S/C7H8FNO2/c8-4-7(10)9-5-6-2-1-3-11-6/h1-3H,4-5H2,(H,9,10). The number of nitrogens with one attached hydrogen (secondary N) is 1. The van der Waals surface area contributed by atoms with Gasteiger partial charge in [0.05, 0.1) is 12.8 Å². The largest absolute Gasteiger partial charge is 0.467 e. The number of furan rings is 1. The van der Waals surface area contributed by atoms with Crippen molar-refractivity contribution >= 4 is 5.91 Å². The maximum atomic E-state index is 11.6. The number of alkyl halides is 1. The van der Waals surface area contributed by atoms with Crippen LogP contribution < -0.4 is 5.32 Å². The van der Waals surface area contributed by atoms with E-state index in [9.17, 15) is 9.18 Å². The van der Waals surface area contributed by atoms with Gasteiger partial charge in [0.1, 0.15) is 5.76 Å². The highest BCUT2D eigenvalue weighted by Gasteiger charge is 1.99. The third-order valence-electron chi connectivity index (χ3n) is 1.16. The molecule has 1 heterocycles. The lowest BCUT2D eigenvalue weighted by Gasteiger charge is -1.97. The normalized spacial score (nSPS) is 9.55. The van der Waals surface area contributed by atoms with E-state index in [-0.39, 0.29) is 6.54 Å². The number of rotatable bonds is 3. The highest BCUT2D eigenvalue weighted by Crippen LogP contribution is 1.97. The van der Waals surface area contributed by atoms with E-state index in [2.05, 4.69) is 5.32 Å². The second kappa shape index (κ2) is 3.75. The lowest BCUT2D eigenvalue weighted by Crippen LogP contribution is -2.23. The third-order valence-corrected chi connectivity index (χ3v) is 1.16. The molecule has 1 amide bonds. The predicted molar refractivity (Wildman–Crippen MR) is 36.5 cm³/mol. The molecule has 1 N–H and O–H groups in total. The van der Waals surface area contributed by atoms with Crippen LogP contribution in [0.1, 0.15) is 5.76 Å². The molecule has 3 nitrogen and oxygen atoms in total. The lowest BCUT2D eigenvalue weighted by molar-refractivity contribution is -0.122. The fourth-order valence-electron chi connectivity index (χ4n) is 0.646. The fourth-order valence-corrected chi connectivity index (χ4v) is 0.646. The number of carbonyl (C=O) groups excluding carboxylic acids is 1. The Morgan fingerprint density at radius 3 is 3.09 bits per heavy atom. The molecule has 60 valence electrons. The van der Waals surface area contributed by atoms with Crippen molar-refractivity contribution in [2.45, 2.75) is 6.54 Å². The van der Waals surface area contributed by atoms with Gasteiger partial charge in [-0.15, -0.1) is 0 Å². The zero-order chi connectivity index (χ0) is 8.10. The quantitative estimate of drug-likeness (QED) is 0.707. The second-order valence-corrected chi connectivity index (χ2v) is 1.99. The first-order valence-corrected chi connectivity index (χ1v) is 3.18. The van der Waals surface area contributed by atoms with E-state index in [1.54, 1.807) is 12.1 Å². The molecule has 0 saturated carbocycles. The van der Waals surface area contributed by atoms with E-state index in [4.69, 9.17) is 4.42 Å². The maximum Gasteiger partial charge on any atom is 0.251 e. The summed E-state index contributed by atoms with van der Waals surface area (Å²) in [5.41, 5.74) is 0. The molecule has 11 heavy (non-hydrogen) atoms. The molecule has 0 unspecified atom stereocenters. The Labute approximate surface area is 63.2 Å². The van der Waals surface area contributed by atoms with E-state index < -0.39 is 12.6 Å². The topological polar surface area (TPSA) is 42.2 Å². The van der Waals surface area contributed by atoms with Gasteiger partial charge in [-0.2, -0.15) is 0 Å². The first-order chi connectivity index (χ1) is 5.33. The first-order valence-electron chi connectivity index (χ1n) is 3.18. The van der Waals surface area contributed by atoms with Crippen molar-refractivity contribution in [3.05, 3.63) is 24.2 Å². The Morgan fingerprint density at radius 1 is 1.73 bits per heavy atom. The Bertz CT molecular complexity index is 220. The molecule has 4 heteroatoms. The number of carbonyl (C=O) groups is 1. The molecule has 0 aliphatic carbocycles. The van der Waals surface area contributed by atoms with Crippen LogP contribution in [0.3, 0.4) is 0 Å². The molecule has 0 fully saturated rings. The van der Waals surface area contributed by atoms with Crippen LogP contribution in [0.4, 0.5) is 4.39 Å². The number of amides is 1. The van der Waals surface area contributed by atoms with Crippen molar-refractivity contribution in [1.82, 2.24) is 5.32 Å². The van der Waals surface area contributed by atoms with Crippen LogP contribution in [0.15, 0.2) is 22.8 Å². The predicted octanol–water partition coefficient (Wildman–Crippen LogP) is 0.865. The molecule has 0 aliphatic heterocycles. The Hall–Kier alpha value is -1.32. The van der Waals surface area contributed by atoms with Crippen molar-refractivity contribution in [1.29, 1.82) is 0 Å². The Balaban J connectivity index is 2.29. The molecule has 0 spiro atoms. The van der Waals surface area contributed by atoms with Crippen molar-refractivity contribution in [3.8, 4) is 0 Å². The zero-order valence-electron chi connectivity index (χ0n) is 5.84. The second-order valence-electron chi connectivity index (χ2n) is 1.99. The maximum absolute atomic E-state index is 11.6. The van der Waals surface area contributed by atoms with Gasteiger partial charge in [-0.05, 0) is 12.1 Å². The molecule has 0 saturated heterocycles. The minimum atomic E-state index is -0.985. The lowest BCUT2D eigenvalue weighted by atomic mass is 10.4. The van der Waals surface area contributed by atoms with Gasteiger partial charge in [0, 0.05) is 0 Å². The van der Waals surface area contributed by atoms with Gasteiger partial charge in [-0.3, -0.25) is 4.79 Å². The van der Waals surface area contributed by atoms with Gasteiger partial charge < -0.3 is 9.73 Å². The summed E-state index contributed by atoms with van der Waals surface area (Å²) in [7, 11) is 0. The van der Waals surface area contributed by atoms with Gasteiger partial charge in [-0.25, -0.2) is 4.39 Å². The van der Waals surface area contributed by atoms with Crippen LogP contribution in [0.2, 0.25) is 0 Å².